The number of rotatable bonds is 7. The van der Waals surface area contributed by atoms with Crippen LogP contribution in [0.5, 0.6) is 11.5 Å². The smallest absolute Gasteiger partial charge is 0.187 e. The van der Waals surface area contributed by atoms with Crippen molar-refractivity contribution in [2.75, 3.05) is 7.11 Å². The Morgan fingerprint density at radius 2 is 1.18 bits per heavy atom. The van der Waals surface area contributed by atoms with Gasteiger partial charge in [-0.05, 0) is 98.1 Å². The molecule has 0 N–H and O–H groups in total. The van der Waals surface area contributed by atoms with E-state index in [1.807, 2.05) is 18.2 Å². The van der Waals surface area contributed by atoms with E-state index in [1.165, 1.54) is 61.0 Å². The van der Waals surface area contributed by atoms with Crippen LogP contribution in [0.1, 0.15) is 76.8 Å². The van der Waals surface area contributed by atoms with Crippen molar-refractivity contribution in [1.82, 2.24) is 0 Å². The molecular formula is C57H43NO2. The van der Waals surface area contributed by atoms with Crippen LogP contribution in [-0.4, -0.2) is 7.11 Å². The third kappa shape index (κ3) is 4.71. The second kappa shape index (κ2) is 13.4. The van der Waals surface area contributed by atoms with Crippen LogP contribution in [-0.2, 0) is 16.4 Å². The first-order chi connectivity index (χ1) is 29.5. The first-order valence-corrected chi connectivity index (χ1v) is 21.0. The molecule has 0 radical (unpaired) electrons. The predicted octanol–water partition coefficient (Wildman–Crippen LogP) is 14.2. The Hall–Kier alpha value is -7.15. The van der Waals surface area contributed by atoms with E-state index in [9.17, 15) is 0 Å². The number of ether oxygens (including phenoxy) is 2. The number of fused-ring (bicyclic) bond motifs is 11. The summed E-state index contributed by atoms with van der Waals surface area (Å²) in [5, 5.41) is 2.25. The van der Waals surface area contributed by atoms with Crippen molar-refractivity contribution >= 4 is 22.5 Å². The molecule has 1 unspecified atom stereocenters. The van der Waals surface area contributed by atoms with Gasteiger partial charge in [0.2, 0.25) is 0 Å². The third-order valence-corrected chi connectivity index (χ3v) is 14.0. The Labute approximate surface area is 352 Å². The number of hydrogen-bond acceptors (Lipinski definition) is 2. The largest absolute Gasteiger partial charge is 0.497 e. The van der Waals surface area contributed by atoms with Crippen LogP contribution in [0.2, 0.25) is 0 Å². The van der Waals surface area contributed by atoms with Gasteiger partial charge in [-0.25, -0.2) is 4.85 Å². The molecule has 0 bridgehead atoms. The van der Waals surface area contributed by atoms with E-state index >= 15 is 0 Å². The summed E-state index contributed by atoms with van der Waals surface area (Å²) in [7, 11) is 1.71. The molecule has 1 heterocycles. The molecule has 0 fully saturated rings. The lowest BCUT2D eigenvalue weighted by molar-refractivity contribution is 0.163. The Morgan fingerprint density at radius 1 is 0.567 bits per heavy atom. The van der Waals surface area contributed by atoms with E-state index in [4.69, 9.17) is 16.0 Å². The predicted molar refractivity (Wildman–Crippen MR) is 244 cm³/mol. The average Bonchev–Trinajstić information content (AvgIpc) is 3.79. The normalized spacial score (nSPS) is 17.1. The van der Waals surface area contributed by atoms with Crippen molar-refractivity contribution < 1.29 is 9.47 Å². The van der Waals surface area contributed by atoms with Crippen molar-refractivity contribution in [2.24, 2.45) is 0 Å². The second-order valence-corrected chi connectivity index (χ2v) is 16.4. The van der Waals surface area contributed by atoms with E-state index in [2.05, 4.69) is 183 Å². The zero-order valence-corrected chi connectivity index (χ0v) is 34.0. The number of methoxy groups -OCH3 is 1. The SMILES string of the molecule is [C-]#[N+]c1ccc2c(c1)C(CC)(CC)c1c3c(c4ccccc4c1-2)OC(c1ccc(OC)cc1)(c1ccc2c(c1)C(c1ccccc1)(c1ccccc1)c1ccccc1-2)C=C3. The Bertz CT molecular complexity index is 3040. The van der Waals surface area contributed by atoms with Crippen LogP contribution in [0.25, 0.3) is 43.9 Å². The van der Waals surface area contributed by atoms with Crippen molar-refractivity contribution in [3.05, 3.63) is 237 Å². The van der Waals surface area contributed by atoms with E-state index in [0.717, 1.165) is 46.4 Å². The molecule has 1 aliphatic heterocycles. The van der Waals surface area contributed by atoms with Gasteiger partial charge in [0.25, 0.3) is 0 Å². The van der Waals surface area contributed by atoms with Gasteiger partial charge in [-0.15, -0.1) is 0 Å². The van der Waals surface area contributed by atoms with Crippen LogP contribution in [0.15, 0.2) is 176 Å². The van der Waals surface area contributed by atoms with Gasteiger partial charge < -0.3 is 9.47 Å². The fourth-order valence-corrected chi connectivity index (χ4v) is 11.2. The fraction of sp³-hybridized carbons (Fsp3) is 0.140. The van der Waals surface area contributed by atoms with Gasteiger partial charge >= 0.3 is 0 Å². The molecule has 2 aliphatic carbocycles. The highest BCUT2D eigenvalue weighted by atomic mass is 16.5. The van der Waals surface area contributed by atoms with Crippen LogP contribution < -0.4 is 9.47 Å². The van der Waals surface area contributed by atoms with E-state index in [-0.39, 0.29) is 5.41 Å². The summed E-state index contributed by atoms with van der Waals surface area (Å²) >= 11 is 0. The monoisotopic (exact) mass is 773 g/mol. The maximum absolute atomic E-state index is 7.92. The lowest BCUT2D eigenvalue weighted by atomic mass is 9.67. The highest BCUT2D eigenvalue weighted by Gasteiger charge is 2.50. The van der Waals surface area contributed by atoms with Crippen molar-refractivity contribution in [1.29, 1.82) is 0 Å². The average molecular weight is 774 g/mol. The van der Waals surface area contributed by atoms with Gasteiger partial charge in [0, 0.05) is 27.5 Å². The molecule has 0 amide bonds. The Kier molecular flexibility index (Phi) is 8.06. The minimum absolute atomic E-state index is 0.280. The van der Waals surface area contributed by atoms with Crippen LogP contribution in [0, 0.1) is 6.57 Å². The first kappa shape index (κ1) is 36.0. The van der Waals surface area contributed by atoms with Crippen LogP contribution in [0.3, 0.4) is 0 Å². The number of benzene rings is 8. The molecule has 0 saturated heterocycles. The van der Waals surface area contributed by atoms with Gasteiger partial charge in [0.1, 0.15) is 11.5 Å². The first-order valence-electron chi connectivity index (χ1n) is 21.0. The summed E-state index contributed by atoms with van der Waals surface area (Å²) in [5.41, 5.74) is 14.5. The maximum Gasteiger partial charge on any atom is 0.187 e. The highest BCUT2D eigenvalue weighted by molar-refractivity contribution is 6.09. The summed E-state index contributed by atoms with van der Waals surface area (Å²) in [6.07, 6.45) is 6.45. The standard InChI is InChI=1S/C57H43NO2/c1-5-55(6-2)50-36-41(58-3)28-32-47(50)52-45-22-13-14-23-46(45)54-48(53(52)55)33-34-56(60-54,37-25-29-42(59-4)30-26-37)40-27-31-44-43-21-15-16-24-49(43)57(51(44)35-40,38-17-9-7-10-18-38)39-19-11-8-12-20-39/h7-36H,5-6H2,1-2,4H3. The minimum atomic E-state index is -0.997. The van der Waals surface area contributed by atoms with Gasteiger partial charge in [-0.1, -0.05) is 172 Å². The molecule has 0 spiro atoms. The molecule has 8 aromatic carbocycles. The van der Waals surface area contributed by atoms with E-state index in [1.54, 1.807) is 7.11 Å². The molecule has 11 rings (SSSR count). The van der Waals surface area contributed by atoms with Gasteiger partial charge in [-0.2, -0.15) is 0 Å². The lowest BCUT2D eigenvalue weighted by Crippen LogP contribution is -2.36. The number of hydrogen-bond donors (Lipinski definition) is 0. The lowest BCUT2D eigenvalue weighted by Gasteiger charge is -2.40. The molecule has 288 valence electrons. The molecule has 3 heteroatoms. The van der Waals surface area contributed by atoms with E-state index < -0.39 is 11.0 Å². The van der Waals surface area contributed by atoms with Gasteiger partial charge in [0.15, 0.2) is 11.3 Å². The zero-order valence-electron chi connectivity index (χ0n) is 34.0. The van der Waals surface area contributed by atoms with Crippen LogP contribution in [0.4, 0.5) is 5.69 Å². The van der Waals surface area contributed by atoms with Gasteiger partial charge in [-0.3, -0.25) is 0 Å². The molecule has 3 aliphatic rings. The summed E-state index contributed by atoms with van der Waals surface area (Å²) in [6, 6.07) is 61.3. The quantitative estimate of drug-likeness (QED) is 0.151. The second-order valence-electron chi connectivity index (χ2n) is 16.4. The van der Waals surface area contributed by atoms with Gasteiger partial charge in [0.05, 0.1) is 19.1 Å². The summed E-state index contributed by atoms with van der Waals surface area (Å²) in [4.78, 5) is 3.88. The topological polar surface area (TPSA) is 22.8 Å². The molecular weight excluding hydrogens is 731 g/mol. The maximum atomic E-state index is 7.92. The zero-order chi connectivity index (χ0) is 40.6. The third-order valence-electron chi connectivity index (χ3n) is 14.0. The Morgan fingerprint density at radius 3 is 1.87 bits per heavy atom. The molecule has 8 aromatic rings. The minimum Gasteiger partial charge on any atom is -0.497 e. The molecule has 0 saturated carbocycles. The van der Waals surface area contributed by atoms with Crippen molar-refractivity contribution in [3.8, 4) is 33.8 Å². The van der Waals surface area contributed by atoms with Crippen molar-refractivity contribution in [2.45, 2.75) is 43.1 Å². The molecule has 0 aromatic heterocycles. The number of nitrogens with zero attached hydrogens (tertiary/aromatic N) is 1. The molecule has 3 nitrogen and oxygen atoms in total. The highest BCUT2D eigenvalue weighted by Crippen LogP contribution is 2.62. The molecule has 60 heavy (non-hydrogen) atoms. The van der Waals surface area contributed by atoms with Crippen molar-refractivity contribution in [3.63, 3.8) is 0 Å². The Balaban J connectivity index is 1.21. The van der Waals surface area contributed by atoms with E-state index in [0.29, 0.717) is 5.69 Å². The summed E-state index contributed by atoms with van der Waals surface area (Å²) in [5.74, 6) is 1.68. The molecule has 1 atom stereocenters. The summed E-state index contributed by atoms with van der Waals surface area (Å²) < 4.78 is 13.6. The summed E-state index contributed by atoms with van der Waals surface area (Å²) in [6.45, 7) is 12.5. The fourth-order valence-electron chi connectivity index (χ4n) is 11.2. The van der Waals surface area contributed by atoms with Crippen LogP contribution >= 0.6 is 0 Å².